The Morgan fingerprint density at radius 2 is 1.43 bits per heavy atom. The van der Waals surface area contributed by atoms with Gasteiger partial charge in [0.05, 0.1) is 35.6 Å². The molecule has 11 atom stereocenters. The smallest absolute Gasteiger partial charge is 0.338 e. The van der Waals surface area contributed by atoms with E-state index in [0.717, 1.165) is 0 Å². The molecule has 418 valence electrons. The number of benzene rings is 3. The van der Waals surface area contributed by atoms with Crippen LogP contribution in [0.5, 0.6) is 5.75 Å². The summed E-state index contributed by atoms with van der Waals surface area (Å²) < 4.78 is 46.9. The van der Waals surface area contributed by atoms with Gasteiger partial charge in [-0.25, -0.2) is 9.59 Å². The lowest BCUT2D eigenvalue weighted by atomic mass is 9.44. The number of esters is 4. The van der Waals surface area contributed by atoms with E-state index in [1.54, 1.807) is 88.4 Å². The Labute approximate surface area is 455 Å². The Balaban J connectivity index is 1.50. The summed E-state index contributed by atoms with van der Waals surface area (Å²) in [5.74, 6) is -6.37. The van der Waals surface area contributed by atoms with Gasteiger partial charge in [0.1, 0.15) is 29.7 Å². The zero-order chi connectivity index (χ0) is 56.8. The van der Waals surface area contributed by atoms with Gasteiger partial charge >= 0.3 is 23.9 Å². The minimum atomic E-state index is -2.96. The van der Waals surface area contributed by atoms with Crippen LogP contribution < -0.4 is 5.32 Å². The van der Waals surface area contributed by atoms with Crippen molar-refractivity contribution < 1.29 is 71.5 Å². The summed E-state index contributed by atoms with van der Waals surface area (Å²) in [7, 11) is -5.65. The van der Waals surface area contributed by atoms with Crippen LogP contribution in [0.4, 0.5) is 0 Å². The Morgan fingerprint density at radius 1 is 0.831 bits per heavy atom. The predicted octanol–water partition coefficient (Wildman–Crippen LogP) is 9.50. The van der Waals surface area contributed by atoms with E-state index in [2.05, 4.69) is 5.32 Å². The highest BCUT2D eigenvalue weighted by Crippen LogP contribution is 2.65. The quantitative estimate of drug-likeness (QED) is 0.0496. The molecular formula is C59H79NO15Si2. The fourth-order valence-corrected chi connectivity index (χ4v) is 16.5. The maximum absolute atomic E-state index is 16.6. The molecule has 2 saturated carbocycles. The highest BCUT2D eigenvalue weighted by Gasteiger charge is 2.79. The first kappa shape index (κ1) is 59.2. The highest BCUT2D eigenvalue weighted by molar-refractivity contribution is 6.74. The summed E-state index contributed by atoms with van der Waals surface area (Å²) in [6.07, 6.45) is -8.92. The van der Waals surface area contributed by atoms with Gasteiger partial charge in [-0.2, -0.15) is 0 Å². The van der Waals surface area contributed by atoms with Crippen molar-refractivity contribution in [2.24, 2.45) is 16.7 Å². The number of fused-ring (bicyclic) bond motifs is 5. The second-order valence-corrected chi connectivity index (χ2v) is 33.2. The molecule has 1 saturated heterocycles. The summed E-state index contributed by atoms with van der Waals surface area (Å²) in [6.45, 7) is 24.8. The number of carbonyl (C=O) groups excluding carboxylic acids is 6. The summed E-state index contributed by atoms with van der Waals surface area (Å²) in [5, 5.41) is 27.7. The van der Waals surface area contributed by atoms with E-state index >= 15 is 9.59 Å². The van der Waals surface area contributed by atoms with Gasteiger partial charge < -0.3 is 48.1 Å². The van der Waals surface area contributed by atoms with Crippen molar-refractivity contribution in [3.8, 4) is 5.75 Å². The van der Waals surface area contributed by atoms with Crippen molar-refractivity contribution in [1.29, 1.82) is 0 Å². The van der Waals surface area contributed by atoms with Crippen molar-refractivity contribution in [2.75, 3.05) is 6.61 Å². The van der Waals surface area contributed by atoms with Gasteiger partial charge in [0.25, 0.3) is 5.91 Å². The largest absolute Gasteiger partial charge is 0.508 e. The predicted molar refractivity (Wildman–Crippen MR) is 291 cm³/mol. The second-order valence-electron chi connectivity index (χ2n) is 23.7. The highest BCUT2D eigenvalue weighted by atomic mass is 28.4. The minimum Gasteiger partial charge on any atom is -0.508 e. The van der Waals surface area contributed by atoms with Crippen molar-refractivity contribution in [2.45, 2.75) is 186 Å². The van der Waals surface area contributed by atoms with Crippen LogP contribution in [-0.4, -0.2) is 117 Å². The molecule has 1 aliphatic heterocycles. The molecule has 1 amide bonds. The molecule has 77 heavy (non-hydrogen) atoms. The first-order valence-electron chi connectivity index (χ1n) is 26.9. The maximum atomic E-state index is 16.6. The van der Waals surface area contributed by atoms with Crippen LogP contribution in [0.25, 0.3) is 0 Å². The van der Waals surface area contributed by atoms with E-state index in [4.69, 9.17) is 32.5 Å². The van der Waals surface area contributed by atoms with Crippen LogP contribution in [-0.2, 0) is 51.7 Å². The van der Waals surface area contributed by atoms with Crippen LogP contribution in [0.15, 0.2) is 96.1 Å². The fourth-order valence-electron chi connectivity index (χ4n) is 12.3. The number of phenols is 1. The van der Waals surface area contributed by atoms with Crippen molar-refractivity contribution >= 4 is 52.2 Å². The number of ketones is 1. The van der Waals surface area contributed by atoms with E-state index in [1.165, 1.54) is 38.1 Å². The Bertz CT molecular complexity index is 2750. The first-order chi connectivity index (χ1) is 36.0. The van der Waals surface area contributed by atoms with Gasteiger partial charge in [-0.1, -0.05) is 110 Å². The number of phenolic OH excluding ortho intramolecular Hbond substituents is 1. The summed E-state index contributed by atoms with van der Waals surface area (Å²) >= 11 is 0. The van der Waals surface area contributed by atoms with Crippen LogP contribution in [0, 0.1) is 16.7 Å². The average molecular weight is 1100 g/mol. The molecule has 0 aromatic heterocycles. The molecule has 3 N–H and O–H groups in total. The van der Waals surface area contributed by atoms with Gasteiger partial charge in [-0.05, 0) is 97.2 Å². The molecule has 1 heterocycles. The van der Waals surface area contributed by atoms with Crippen LogP contribution in [0.1, 0.15) is 128 Å². The van der Waals surface area contributed by atoms with Gasteiger partial charge in [0.2, 0.25) is 0 Å². The van der Waals surface area contributed by atoms with E-state index in [9.17, 15) is 29.4 Å². The number of amides is 1. The molecule has 3 aromatic carbocycles. The van der Waals surface area contributed by atoms with Crippen LogP contribution in [0.2, 0.25) is 36.3 Å². The SMILES string of the molecule is CC[Si](CC)(CC)O[C@H]1C[C@H]2OC[C@@]2(OC(C)=O)[C@H]2[C@H](OC(=O)c3cccc(O)c3)[C@]3(O)C[C@H](OC(=O)[C@H](O[Si](C)(C)C(C)(C)C)[C@@H](NC(=O)c4ccccc4)c4ccccc4)C(C)=C([C@@H](OC(C)=O)C(=O)[C@]12C)C3(C)C. The number of hydrogen-bond donors (Lipinski definition) is 3. The Kier molecular flexibility index (Phi) is 16.9. The normalized spacial score (nSPS) is 28.7. The standard InChI is InChI=1S/C59H79NO15Si2/c1-15-77(16-2,17-3)74-43-32-44-58(34-69-44,73-37(6)62)49-51(72-53(66)40-29-24-30-41(63)31-40)59(68)33-42(35(4)45(56(59,10)11)47(70-36(5)61)50(64)57(43,49)12)71-54(67)48(75-76(13,14)55(7,8)9)46(38-25-20-18-21-26-38)60-52(65)39-27-22-19-23-28-39/h18-31,42-44,46-49,51,63,68H,15-17,32-34H2,1-14H3,(H,60,65)/t42-,43-,44+,46-,47+,48+,49-,51-,57+,58-,59+/m0/s1. The lowest BCUT2D eigenvalue weighted by Gasteiger charge is -2.68. The molecule has 3 fully saturated rings. The van der Waals surface area contributed by atoms with Gasteiger partial charge in [0, 0.05) is 37.7 Å². The molecule has 0 spiro atoms. The van der Waals surface area contributed by atoms with E-state index in [0.29, 0.717) is 29.3 Å². The first-order valence-corrected chi connectivity index (χ1v) is 32.3. The van der Waals surface area contributed by atoms with E-state index in [-0.39, 0.29) is 35.5 Å². The summed E-state index contributed by atoms with van der Waals surface area (Å²) in [4.78, 5) is 88.7. The third-order valence-corrected chi connectivity index (χ3v) is 27.2. The average Bonchev–Trinajstić information content (AvgIpc) is 3.36. The molecule has 16 nitrogen and oxygen atoms in total. The fraction of sp³-hybridized carbons (Fsp3) is 0.559. The Morgan fingerprint density at radius 3 is 1.96 bits per heavy atom. The third-order valence-electron chi connectivity index (χ3n) is 18.1. The van der Waals surface area contributed by atoms with Gasteiger partial charge in [-0.15, -0.1) is 0 Å². The lowest BCUT2D eigenvalue weighted by Crippen LogP contribution is -2.82. The zero-order valence-corrected chi connectivity index (χ0v) is 49.1. The van der Waals surface area contributed by atoms with E-state index < -0.39 is 134 Å². The molecular weight excluding hydrogens is 1020 g/mol. The van der Waals surface area contributed by atoms with Crippen molar-refractivity contribution in [3.63, 3.8) is 0 Å². The number of nitrogens with one attached hydrogen (secondary N) is 1. The molecule has 3 aromatic rings. The number of carbonyl (C=O) groups is 6. The molecule has 4 aliphatic rings. The number of hydrogen-bond acceptors (Lipinski definition) is 15. The molecule has 2 bridgehead atoms. The molecule has 18 heteroatoms. The van der Waals surface area contributed by atoms with Crippen LogP contribution >= 0.6 is 0 Å². The molecule has 0 radical (unpaired) electrons. The zero-order valence-electron chi connectivity index (χ0n) is 47.1. The molecule has 7 rings (SSSR count). The molecule has 0 unspecified atom stereocenters. The minimum absolute atomic E-state index is 0.0554. The topological polar surface area (TPSA) is 220 Å². The number of ether oxygens (including phenoxy) is 5. The van der Waals surface area contributed by atoms with Gasteiger partial charge in [0.15, 0.2) is 40.2 Å². The number of aromatic hydroxyl groups is 1. The maximum Gasteiger partial charge on any atom is 0.338 e. The van der Waals surface area contributed by atoms with Crippen molar-refractivity contribution in [3.05, 3.63) is 113 Å². The van der Waals surface area contributed by atoms with Crippen molar-refractivity contribution in [1.82, 2.24) is 5.32 Å². The third kappa shape index (κ3) is 10.7. The number of Topliss-reactive ketones (excluding diaryl/α,β-unsaturated/α-hetero) is 1. The Hall–Kier alpha value is -5.51. The number of aliphatic hydroxyl groups is 1. The number of rotatable bonds is 17. The molecule has 3 aliphatic carbocycles. The summed E-state index contributed by atoms with van der Waals surface area (Å²) in [5.41, 5.74) is -6.57. The lowest BCUT2D eigenvalue weighted by molar-refractivity contribution is -0.344. The van der Waals surface area contributed by atoms with Gasteiger partial charge in [-0.3, -0.25) is 19.2 Å². The monoisotopic (exact) mass is 1100 g/mol. The van der Waals surface area contributed by atoms with Crippen LogP contribution in [0.3, 0.4) is 0 Å². The summed E-state index contributed by atoms with van der Waals surface area (Å²) in [6, 6.07) is 23.8. The van der Waals surface area contributed by atoms with E-state index in [1.807, 2.05) is 54.6 Å². The second kappa shape index (κ2) is 22.0.